The fourth-order valence-corrected chi connectivity index (χ4v) is 2.12. The molecule has 0 aromatic carbocycles. The Morgan fingerprint density at radius 1 is 1.21 bits per heavy atom. The van der Waals surface area contributed by atoms with E-state index in [0.717, 1.165) is 11.8 Å². The van der Waals surface area contributed by atoms with Crippen molar-refractivity contribution in [3.63, 3.8) is 0 Å². The van der Waals surface area contributed by atoms with Crippen LogP contribution in [0.3, 0.4) is 0 Å². The van der Waals surface area contributed by atoms with Crippen LogP contribution in [0.5, 0.6) is 0 Å². The summed E-state index contributed by atoms with van der Waals surface area (Å²) in [6, 6.07) is 5.45. The molecule has 0 aliphatic carbocycles. The Labute approximate surface area is 112 Å². The van der Waals surface area contributed by atoms with E-state index < -0.39 is 11.9 Å². The van der Waals surface area contributed by atoms with Gasteiger partial charge in [0.2, 0.25) is 0 Å². The van der Waals surface area contributed by atoms with Crippen molar-refractivity contribution in [2.75, 3.05) is 5.75 Å². The van der Waals surface area contributed by atoms with Crippen LogP contribution in [0.25, 0.3) is 5.82 Å². The van der Waals surface area contributed by atoms with Crippen molar-refractivity contribution < 1.29 is 13.2 Å². The molecule has 2 aromatic rings. The van der Waals surface area contributed by atoms with Crippen LogP contribution in [0.15, 0.2) is 53.9 Å². The Balaban J connectivity index is 1.99. The molecule has 0 fully saturated rings. The van der Waals surface area contributed by atoms with Gasteiger partial charge in [-0.15, -0.1) is 0 Å². The molecular weight excluding hydrogens is 275 g/mol. The summed E-state index contributed by atoms with van der Waals surface area (Å²) in [5.74, 6) is -0.539. The standard InChI is InChI=1S/C12H10F3N3S/c13-9(11(14)15)4-8-19-12-16-5-3-10(17-12)18-6-1-2-7-18/h1-3,5-7H,4,8H2. The number of allylic oxidation sites excluding steroid dienone is 1. The summed E-state index contributed by atoms with van der Waals surface area (Å²) < 4.78 is 38.1. The Kier molecular flexibility index (Phi) is 4.62. The van der Waals surface area contributed by atoms with Crippen molar-refractivity contribution in [1.82, 2.24) is 14.5 Å². The van der Waals surface area contributed by atoms with Gasteiger partial charge in [-0.3, -0.25) is 0 Å². The molecule has 2 rings (SSSR count). The van der Waals surface area contributed by atoms with Gasteiger partial charge in [-0.2, -0.15) is 8.78 Å². The second-order valence-corrected chi connectivity index (χ2v) is 4.61. The molecule has 0 spiro atoms. The SMILES string of the molecule is FC(F)=C(F)CCSc1nccc(-n2cccc2)n1. The van der Waals surface area contributed by atoms with Crippen LogP contribution in [-0.2, 0) is 0 Å². The number of thioether (sulfide) groups is 1. The van der Waals surface area contributed by atoms with Crippen LogP contribution in [0, 0.1) is 0 Å². The molecule has 3 nitrogen and oxygen atoms in total. The first-order chi connectivity index (χ1) is 9.16. The van der Waals surface area contributed by atoms with Gasteiger partial charge >= 0.3 is 6.08 Å². The van der Waals surface area contributed by atoms with Crippen LogP contribution in [0.2, 0.25) is 0 Å². The fraction of sp³-hybridized carbons (Fsp3) is 0.167. The molecule has 0 aliphatic rings. The van der Waals surface area contributed by atoms with E-state index >= 15 is 0 Å². The van der Waals surface area contributed by atoms with Gasteiger partial charge in [-0.25, -0.2) is 14.4 Å². The molecule has 0 amide bonds. The lowest BCUT2D eigenvalue weighted by molar-refractivity contribution is 0.373. The second-order valence-electron chi connectivity index (χ2n) is 3.55. The minimum Gasteiger partial charge on any atom is -0.309 e. The fourth-order valence-electron chi connectivity index (χ4n) is 1.36. The first kappa shape index (κ1) is 13.7. The molecule has 0 saturated heterocycles. The first-order valence-electron chi connectivity index (χ1n) is 5.45. The lowest BCUT2D eigenvalue weighted by Gasteiger charge is -2.03. The van der Waals surface area contributed by atoms with Crippen LogP contribution in [0.1, 0.15) is 6.42 Å². The molecule has 0 saturated carbocycles. The topological polar surface area (TPSA) is 30.7 Å². The van der Waals surface area contributed by atoms with Crippen molar-refractivity contribution in [2.24, 2.45) is 0 Å². The second kappa shape index (κ2) is 6.42. The van der Waals surface area contributed by atoms with Gasteiger partial charge in [0.05, 0.1) is 0 Å². The van der Waals surface area contributed by atoms with E-state index in [4.69, 9.17) is 0 Å². The quantitative estimate of drug-likeness (QED) is 0.618. The molecule has 19 heavy (non-hydrogen) atoms. The molecule has 100 valence electrons. The molecular formula is C12H10F3N3S. The molecule has 2 aromatic heterocycles. The normalized spacial score (nSPS) is 10.5. The van der Waals surface area contributed by atoms with Gasteiger partial charge < -0.3 is 4.57 Å². The number of nitrogens with zero attached hydrogens (tertiary/aromatic N) is 3. The van der Waals surface area contributed by atoms with Gasteiger partial charge in [0.15, 0.2) is 11.0 Å². The average molecular weight is 285 g/mol. The highest BCUT2D eigenvalue weighted by molar-refractivity contribution is 7.99. The smallest absolute Gasteiger partial charge is 0.301 e. The van der Waals surface area contributed by atoms with Crippen molar-refractivity contribution in [1.29, 1.82) is 0 Å². The predicted molar refractivity (Wildman–Crippen MR) is 67.1 cm³/mol. The van der Waals surface area contributed by atoms with E-state index in [9.17, 15) is 13.2 Å². The molecule has 0 unspecified atom stereocenters. The van der Waals surface area contributed by atoms with Gasteiger partial charge in [-0.1, -0.05) is 11.8 Å². The monoisotopic (exact) mass is 285 g/mol. The number of hydrogen-bond donors (Lipinski definition) is 0. The zero-order chi connectivity index (χ0) is 13.7. The summed E-state index contributed by atoms with van der Waals surface area (Å²) in [5, 5.41) is 0.429. The molecule has 0 N–H and O–H groups in total. The lowest BCUT2D eigenvalue weighted by Crippen LogP contribution is -1.97. The maximum atomic E-state index is 12.6. The summed E-state index contributed by atoms with van der Waals surface area (Å²) >= 11 is 1.13. The van der Waals surface area contributed by atoms with E-state index in [-0.39, 0.29) is 12.2 Å². The molecule has 2 heterocycles. The summed E-state index contributed by atoms with van der Waals surface area (Å²) in [6.07, 6.45) is 2.65. The molecule has 0 bridgehead atoms. The maximum absolute atomic E-state index is 12.6. The van der Waals surface area contributed by atoms with E-state index in [1.54, 1.807) is 16.8 Å². The third kappa shape index (κ3) is 3.85. The Morgan fingerprint density at radius 3 is 2.63 bits per heavy atom. The van der Waals surface area contributed by atoms with Crippen molar-refractivity contribution in [2.45, 2.75) is 11.6 Å². The Bertz CT molecular complexity index is 565. The zero-order valence-corrected chi connectivity index (χ0v) is 10.6. The summed E-state index contributed by atoms with van der Waals surface area (Å²) in [4.78, 5) is 8.25. The van der Waals surface area contributed by atoms with Crippen molar-refractivity contribution >= 4 is 11.8 Å². The molecule has 7 heteroatoms. The van der Waals surface area contributed by atoms with Crippen LogP contribution in [-0.4, -0.2) is 20.3 Å². The van der Waals surface area contributed by atoms with E-state index in [1.165, 1.54) is 0 Å². The van der Waals surface area contributed by atoms with Gasteiger partial charge in [-0.05, 0) is 18.2 Å². The third-order valence-electron chi connectivity index (χ3n) is 2.25. The third-order valence-corrected chi connectivity index (χ3v) is 3.11. The molecule has 0 aliphatic heterocycles. The van der Waals surface area contributed by atoms with Crippen LogP contribution >= 0.6 is 11.8 Å². The van der Waals surface area contributed by atoms with Gasteiger partial charge in [0, 0.05) is 30.8 Å². The minimum absolute atomic E-state index is 0.165. The highest BCUT2D eigenvalue weighted by atomic mass is 32.2. The number of hydrogen-bond acceptors (Lipinski definition) is 3. The highest BCUT2D eigenvalue weighted by Crippen LogP contribution is 2.20. The van der Waals surface area contributed by atoms with E-state index in [0.29, 0.717) is 11.0 Å². The Hall–Kier alpha value is -1.76. The first-order valence-corrected chi connectivity index (χ1v) is 6.44. The summed E-state index contributed by atoms with van der Waals surface area (Å²) in [5.41, 5.74) is 0. The highest BCUT2D eigenvalue weighted by Gasteiger charge is 2.06. The van der Waals surface area contributed by atoms with Crippen molar-refractivity contribution in [3.05, 3.63) is 48.7 Å². The number of rotatable bonds is 5. The lowest BCUT2D eigenvalue weighted by atomic mass is 10.4. The summed E-state index contributed by atoms with van der Waals surface area (Å²) in [6.45, 7) is 0. The van der Waals surface area contributed by atoms with Crippen LogP contribution in [0.4, 0.5) is 13.2 Å². The maximum Gasteiger partial charge on any atom is 0.301 e. The van der Waals surface area contributed by atoms with E-state index in [1.807, 2.05) is 24.5 Å². The minimum atomic E-state index is -2.26. The molecule has 0 atom stereocenters. The average Bonchev–Trinajstić information content (AvgIpc) is 2.93. The Morgan fingerprint density at radius 2 is 1.95 bits per heavy atom. The molecule has 0 radical (unpaired) electrons. The van der Waals surface area contributed by atoms with Gasteiger partial charge in [0.1, 0.15) is 5.82 Å². The largest absolute Gasteiger partial charge is 0.309 e. The van der Waals surface area contributed by atoms with E-state index in [2.05, 4.69) is 9.97 Å². The summed E-state index contributed by atoms with van der Waals surface area (Å²) in [7, 11) is 0. The van der Waals surface area contributed by atoms with Crippen LogP contribution < -0.4 is 0 Å². The number of halogens is 3. The zero-order valence-electron chi connectivity index (χ0n) is 9.76. The predicted octanol–water partition coefficient (Wildman–Crippen LogP) is 3.83. The number of aromatic nitrogens is 3. The van der Waals surface area contributed by atoms with Crippen molar-refractivity contribution in [3.8, 4) is 5.82 Å². The van der Waals surface area contributed by atoms with Gasteiger partial charge in [0.25, 0.3) is 0 Å².